The topological polar surface area (TPSA) is 102 Å². The van der Waals surface area contributed by atoms with E-state index in [0.29, 0.717) is 34.6 Å². The zero-order chi connectivity index (χ0) is 20.9. The van der Waals surface area contributed by atoms with Gasteiger partial charge in [0, 0.05) is 16.5 Å². The third-order valence-electron chi connectivity index (χ3n) is 5.49. The molecule has 4 heterocycles. The van der Waals surface area contributed by atoms with Crippen molar-refractivity contribution in [1.29, 1.82) is 0 Å². The van der Waals surface area contributed by atoms with Gasteiger partial charge in [0.2, 0.25) is 0 Å². The molecular weight excluding hydrogens is 372 g/mol. The lowest BCUT2D eigenvalue weighted by molar-refractivity contribution is -0.172. The standard InChI is InChI=1S/C20H16N2O5.C2H6/c1-2-20(26)14-7-16-17-11(5-10-6-12(23)3-4-15(10)21-17)8-22(16)18(24)13(14)9-27-19(20)25;1-2/h3-7,23,26H,2,8-9H2,1H3;1-2H3/t20-;/m0./s1. The Morgan fingerprint density at radius 1 is 1.21 bits per heavy atom. The lowest BCUT2D eigenvalue weighted by Crippen LogP contribution is -2.44. The number of aromatic hydroxyl groups is 1. The Kier molecular flexibility index (Phi) is 4.42. The average Bonchev–Trinajstić information content (AvgIpc) is 3.09. The number of phenolic OH excluding ortho intramolecular Hbond substituents is 1. The van der Waals surface area contributed by atoms with Crippen molar-refractivity contribution < 1.29 is 19.7 Å². The number of esters is 1. The zero-order valence-corrected chi connectivity index (χ0v) is 16.5. The zero-order valence-electron chi connectivity index (χ0n) is 16.5. The molecule has 7 heteroatoms. The smallest absolute Gasteiger partial charge is 0.343 e. The van der Waals surface area contributed by atoms with Crippen LogP contribution in [0.25, 0.3) is 22.3 Å². The number of aliphatic hydroxyl groups is 1. The van der Waals surface area contributed by atoms with Crippen LogP contribution in [0.3, 0.4) is 0 Å². The summed E-state index contributed by atoms with van der Waals surface area (Å²) in [6, 6.07) is 8.48. The molecule has 0 spiro atoms. The highest BCUT2D eigenvalue weighted by Crippen LogP contribution is 2.38. The van der Waals surface area contributed by atoms with Crippen LogP contribution in [0.5, 0.6) is 5.75 Å². The molecule has 0 radical (unpaired) electrons. The fraction of sp³-hybridized carbons (Fsp3) is 0.318. The molecule has 29 heavy (non-hydrogen) atoms. The second-order valence-corrected chi connectivity index (χ2v) is 6.98. The van der Waals surface area contributed by atoms with Crippen LogP contribution in [0.1, 0.15) is 43.9 Å². The normalized spacial score (nSPS) is 19.0. The van der Waals surface area contributed by atoms with Gasteiger partial charge in [-0.25, -0.2) is 9.78 Å². The fourth-order valence-electron chi connectivity index (χ4n) is 3.97. The largest absolute Gasteiger partial charge is 0.508 e. The number of carbonyl (C=O) groups excluding carboxylic acids is 1. The first-order valence-electron chi connectivity index (χ1n) is 9.72. The van der Waals surface area contributed by atoms with E-state index in [4.69, 9.17) is 4.74 Å². The molecule has 3 aromatic rings. The van der Waals surface area contributed by atoms with Crippen LogP contribution in [0.15, 0.2) is 35.1 Å². The van der Waals surface area contributed by atoms with E-state index in [9.17, 15) is 19.8 Å². The van der Waals surface area contributed by atoms with Gasteiger partial charge in [-0.1, -0.05) is 20.8 Å². The molecule has 1 aromatic carbocycles. The number of fused-ring (bicyclic) bond motifs is 5. The monoisotopic (exact) mass is 394 g/mol. The molecule has 2 N–H and O–H groups in total. The SMILES string of the molecule is CC.CC[C@@]1(O)C(=O)OCc2c1cc1n(c2=O)Cc2cc3cc(O)ccc3nc2-1. The summed E-state index contributed by atoms with van der Waals surface area (Å²) in [7, 11) is 0. The highest BCUT2D eigenvalue weighted by Gasteiger charge is 2.45. The molecule has 0 fully saturated rings. The minimum atomic E-state index is -1.83. The number of phenols is 1. The number of ether oxygens (including phenoxy) is 1. The predicted molar refractivity (Wildman–Crippen MR) is 108 cm³/mol. The summed E-state index contributed by atoms with van der Waals surface area (Å²) in [6.45, 7) is 5.87. The van der Waals surface area contributed by atoms with Crippen LogP contribution in [-0.4, -0.2) is 25.7 Å². The lowest BCUT2D eigenvalue weighted by Gasteiger charge is -2.31. The number of hydrogen-bond acceptors (Lipinski definition) is 6. The summed E-state index contributed by atoms with van der Waals surface area (Å²) >= 11 is 0. The predicted octanol–water partition coefficient (Wildman–Crippen LogP) is 2.81. The highest BCUT2D eigenvalue weighted by atomic mass is 16.6. The minimum absolute atomic E-state index is 0.110. The first-order chi connectivity index (χ1) is 13.9. The Bertz CT molecular complexity index is 1210. The second-order valence-electron chi connectivity index (χ2n) is 6.98. The average molecular weight is 394 g/mol. The molecule has 0 unspecified atom stereocenters. The van der Waals surface area contributed by atoms with E-state index in [1.165, 1.54) is 0 Å². The number of rotatable bonds is 1. The van der Waals surface area contributed by atoms with Crippen LogP contribution < -0.4 is 5.56 Å². The summed E-state index contributed by atoms with van der Waals surface area (Å²) in [5, 5.41) is 21.3. The Hall–Kier alpha value is -3.19. The molecule has 150 valence electrons. The molecular formula is C22H22N2O5. The molecule has 0 saturated carbocycles. The number of pyridine rings is 2. The van der Waals surface area contributed by atoms with Crippen LogP contribution >= 0.6 is 0 Å². The van der Waals surface area contributed by atoms with Gasteiger partial charge >= 0.3 is 5.97 Å². The maximum atomic E-state index is 13.0. The number of cyclic esters (lactones) is 1. The third kappa shape index (κ3) is 2.65. The van der Waals surface area contributed by atoms with Crippen molar-refractivity contribution in [2.24, 2.45) is 0 Å². The first-order valence-corrected chi connectivity index (χ1v) is 9.72. The molecule has 2 aromatic heterocycles. The molecule has 0 aliphatic carbocycles. The van der Waals surface area contributed by atoms with Crippen LogP contribution in [0, 0.1) is 0 Å². The minimum Gasteiger partial charge on any atom is -0.508 e. The molecule has 0 bridgehead atoms. The molecule has 0 amide bonds. The van der Waals surface area contributed by atoms with Gasteiger partial charge in [0.15, 0.2) is 5.60 Å². The molecule has 2 aliphatic rings. The Morgan fingerprint density at radius 3 is 2.69 bits per heavy atom. The highest BCUT2D eigenvalue weighted by molar-refractivity contribution is 5.86. The van der Waals surface area contributed by atoms with E-state index >= 15 is 0 Å². The maximum absolute atomic E-state index is 13.0. The number of benzene rings is 1. The summed E-state index contributed by atoms with van der Waals surface area (Å²) < 4.78 is 6.65. The molecule has 5 rings (SSSR count). The summed E-state index contributed by atoms with van der Waals surface area (Å²) in [4.78, 5) is 29.8. The van der Waals surface area contributed by atoms with E-state index in [1.807, 2.05) is 19.9 Å². The first kappa shape index (κ1) is 19.1. The molecule has 7 nitrogen and oxygen atoms in total. The van der Waals surface area contributed by atoms with Gasteiger partial charge in [-0.3, -0.25) is 4.79 Å². The van der Waals surface area contributed by atoms with Gasteiger partial charge in [0.25, 0.3) is 5.56 Å². The van der Waals surface area contributed by atoms with Crippen molar-refractivity contribution in [3.05, 3.63) is 57.4 Å². The van der Waals surface area contributed by atoms with Crippen LogP contribution in [0.4, 0.5) is 0 Å². The van der Waals surface area contributed by atoms with Crippen molar-refractivity contribution in [3.63, 3.8) is 0 Å². The number of aromatic nitrogens is 2. The van der Waals surface area contributed by atoms with Gasteiger partial charge in [-0.05, 0) is 36.8 Å². The van der Waals surface area contributed by atoms with Crippen molar-refractivity contribution in [2.45, 2.75) is 45.9 Å². The van der Waals surface area contributed by atoms with Gasteiger partial charge in [0.05, 0.1) is 29.0 Å². The summed E-state index contributed by atoms with van der Waals surface area (Å²) in [6.07, 6.45) is 0.110. The van der Waals surface area contributed by atoms with Gasteiger partial charge in [0.1, 0.15) is 12.4 Å². The van der Waals surface area contributed by atoms with Crippen molar-refractivity contribution >= 4 is 16.9 Å². The van der Waals surface area contributed by atoms with Gasteiger partial charge in [-0.2, -0.15) is 0 Å². The molecule has 0 saturated heterocycles. The lowest BCUT2D eigenvalue weighted by atomic mass is 9.86. The Labute approximate surface area is 167 Å². The molecule has 1 atom stereocenters. The Balaban J connectivity index is 0.000000994. The number of carbonyl (C=O) groups is 1. The maximum Gasteiger partial charge on any atom is 0.343 e. The summed E-state index contributed by atoms with van der Waals surface area (Å²) in [5.41, 5.74) is 1.25. The van der Waals surface area contributed by atoms with E-state index in [2.05, 4.69) is 4.98 Å². The van der Waals surface area contributed by atoms with E-state index in [-0.39, 0.29) is 24.3 Å². The van der Waals surface area contributed by atoms with Crippen LogP contribution in [0.2, 0.25) is 0 Å². The van der Waals surface area contributed by atoms with Gasteiger partial charge < -0.3 is 19.5 Å². The van der Waals surface area contributed by atoms with Crippen molar-refractivity contribution in [2.75, 3.05) is 0 Å². The van der Waals surface area contributed by atoms with E-state index in [1.54, 1.807) is 35.8 Å². The number of hydrogen-bond donors (Lipinski definition) is 2. The van der Waals surface area contributed by atoms with E-state index < -0.39 is 11.6 Å². The summed E-state index contributed by atoms with van der Waals surface area (Å²) in [5.74, 6) is -0.585. The third-order valence-corrected chi connectivity index (χ3v) is 5.49. The van der Waals surface area contributed by atoms with Crippen molar-refractivity contribution in [3.8, 4) is 17.1 Å². The van der Waals surface area contributed by atoms with Crippen LogP contribution in [-0.2, 0) is 28.3 Å². The van der Waals surface area contributed by atoms with Gasteiger partial charge in [-0.15, -0.1) is 0 Å². The molecule has 2 aliphatic heterocycles. The second kappa shape index (κ2) is 6.70. The number of nitrogens with zero attached hydrogens (tertiary/aromatic N) is 2. The Morgan fingerprint density at radius 2 is 1.97 bits per heavy atom. The van der Waals surface area contributed by atoms with E-state index in [0.717, 1.165) is 10.9 Å². The van der Waals surface area contributed by atoms with Crippen molar-refractivity contribution in [1.82, 2.24) is 9.55 Å². The quantitative estimate of drug-likeness (QED) is 0.482. The fourth-order valence-corrected chi connectivity index (χ4v) is 3.97.